The Kier molecular flexibility index (Phi) is 5.81. The smallest absolute Gasteiger partial charge is 0.251 e. The van der Waals surface area contributed by atoms with Crippen molar-refractivity contribution in [3.05, 3.63) is 18.2 Å². The minimum atomic E-state index is -0.498. The monoisotopic (exact) mass is 348 g/mol. The second-order valence-corrected chi connectivity index (χ2v) is 6.88. The van der Waals surface area contributed by atoms with E-state index < -0.39 is 5.79 Å². The van der Waals surface area contributed by atoms with Gasteiger partial charge in [0.05, 0.1) is 13.2 Å². The first-order valence-corrected chi connectivity index (χ1v) is 9.29. The quantitative estimate of drug-likeness (QED) is 0.793. The first kappa shape index (κ1) is 18.0. The van der Waals surface area contributed by atoms with Gasteiger partial charge in [0.15, 0.2) is 11.5 Å². The molecule has 0 saturated heterocycles. The summed E-state index contributed by atoms with van der Waals surface area (Å²) in [5, 5.41) is 12.0. The SMILES string of the molecule is CCCN(CCO)CC(=O)Nc1ccc2c(c1)OC1(CCCCC1)O2. The van der Waals surface area contributed by atoms with Gasteiger partial charge >= 0.3 is 0 Å². The van der Waals surface area contributed by atoms with Gasteiger partial charge in [-0.25, -0.2) is 0 Å². The number of aliphatic hydroxyl groups is 1. The molecule has 1 heterocycles. The van der Waals surface area contributed by atoms with Gasteiger partial charge in [0.1, 0.15) is 0 Å². The van der Waals surface area contributed by atoms with Crippen molar-refractivity contribution < 1.29 is 19.4 Å². The van der Waals surface area contributed by atoms with Gasteiger partial charge in [0.2, 0.25) is 5.91 Å². The lowest BCUT2D eigenvalue weighted by atomic mass is 9.94. The molecule has 2 N–H and O–H groups in total. The highest BCUT2D eigenvalue weighted by Crippen LogP contribution is 2.46. The Balaban J connectivity index is 1.60. The van der Waals surface area contributed by atoms with E-state index in [2.05, 4.69) is 12.2 Å². The Morgan fingerprint density at radius 3 is 2.68 bits per heavy atom. The molecule has 25 heavy (non-hydrogen) atoms. The van der Waals surface area contributed by atoms with Crippen LogP contribution in [0.5, 0.6) is 11.5 Å². The number of hydrogen-bond donors (Lipinski definition) is 2. The Morgan fingerprint density at radius 2 is 1.96 bits per heavy atom. The second-order valence-electron chi connectivity index (χ2n) is 6.88. The van der Waals surface area contributed by atoms with Crippen LogP contribution in [0.25, 0.3) is 0 Å². The number of ether oxygens (including phenoxy) is 2. The number of amides is 1. The molecule has 1 aliphatic heterocycles. The summed E-state index contributed by atoms with van der Waals surface area (Å²) < 4.78 is 12.2. The van der Waals surface area contributed by atoms with E-state index in [0.29, 0.717) is 18.0 Å². The van der Waals surface area contributed by atoms with Crippen LogP contribution >= 0.6 is 0 Å². The summed E-state index contributed by atoms with van der Waals surface area (Å²) in [5.74, 6) is 0.879. The average molecular weight is 348 g/mol. The highest BCUT2D eigenvalue weighted by atomic mass is 16.7. The molecule has 1 aromatic rings. The molecule has 0 bridgehead atoms. The molecule has 1 saturated carbocycles. The number of aliphatic hydroxyl groups excluding tert-OH is 1. The first-order chi connectivity index (χ1) is 12.1. The number of benzene rings is 1. The van der Waals surface area contributed by atoms with Gasteiger partial charge in [-0.2, -0.15) is 0 Å². The van der Waals surface area contributed by atoms with E-state index in [1.807, 2.05) is 23.1 Å². The van der Waals surface area contributed by atoms with Crippen molar-refractivity contribution in [1.82, 2.24) is 4.90 Å². The lowest BCUT2D eigenvalue weighted by molar-refractivity contribution is -0.117. The van der Waals surface area contributed by atoms with Crippen molar-refractivity contribution in [1.29, 1.82) is 0 Å². The first-order valence-electron chi connectivity index (χ1n) is 9.29. The van der Waals surface area contributed by atoms with Crippen LogP contribution in [0.1, 0.15) is 45.4 Å². The van der Waals surface area contributed by atoms with Crippen molar-refractivity contribution in [3.63, 3.8) is 0 Å². The molecule has 1 aromatic carbocycles. The molecule has 0 radical (unpaired) electrons. The summed E-state index contributed by atoms with van der Waals surface area (Å²) in [5.41, 5.74) is 0.709. The van der Waals surface area contributed by atoms with Gasteiger partial charge in [0.25, 0.3) is 5.79 Å². The maximum absolute atomic E-state index is 12.3. The van der Waals surface area contributed by atoms with Crippen molar-refractivity contribution in [2.75, 3.05) is 31.6 Å². The van der Waals surface area contributed by atoms with Crippen LogP contribution in [0.2, 0.25) is 0 Å². The third-order valence-electron chi connectivity index (χ3n) is 4.76. The Morgan fingerprint density at radius 1 is 1.20 bits per heavy atom. The molecular formula is C19H28N2O4. The Bertz CT molecular complexity index is 593. The largest absolute Gasteiger partial charge is 0.448 e. The average Bonchev–Trinajstić information content (AvgIpc) is 2.92. The minimum absolute atomic E-state index is 0.0549. The fourth-order valence-electron chi connectivity index (χ4n) is 3.60. The molecule has 1 fully saturated rings. The number of hydrogen-bond acceptors (Lipinski definition) is 5. The molecule has 6 nitrogen and oxygen atoms in total. The number of nitrogens with zero attached hydrogens (tertiary/aromatic N) is 1. The summed E-state index contributed by atoms with van der Waals surface area (Å²) in [4.78, 5) is 14.2. The van der Waals surface area contributed by atoms with Gasteiger partial charge in [-0.15, -0.1) is 0 Å². The molecule has 138 valence electrons. The zero-order valence-electron chi connectivity index (χ0n) is 14.9. The van der Waals surface area contributed by atoms with Crippen molar-refractivity contribution in [3.8, 4) is 11.5 Å². The molecule has 0 unspecified atom stereocenters. The molecule has 1 amide bonds. The van der Waals surface area contributed by atoms with Crippen LogP contribution in [-0.4, -0.2) is 47.9 Å². The molecular weight excluding hydrogens is 320 g/mol. The predicted molar refractivity (Wildman–Crippen MR) is 96.0 cm³/mol. The lowest BCUT2D eigenvalue weighted by Gasteiger charge is -2.31. The van der Waals surface area contributed by atoms with Gasteiger partial charge in [-0.05, 0) is 37.9 Å². The second kappa shape index (κ2) is 8.06. The van der Waals surface area contributed by atoms with Gasteiger partial charge in [-0.3, -0.25) is 9.69 Å². The van der Waals surface area contributed by atoms with Crippen LogP contribution in [0.15, 0.2) is 18.2 Å². The molecule has 3 rings (SSSR count). The fraction of sp³-hybridized carbons (Fsp3) is 0.632. The summed E-state index contributed by atoms with van der Waals surface area (Å²) in [7, 11) is 0. The number of carbonyl (C=O) groups is 1. The summed E-state index contributed by atoms with van der Waals surface area (Å²) >= 11 is 0. The summed E-state index contributed by atoms with van der Waals surface area (Å²) in [6.07, 6.45) is 6.24. The number of rotatable bonds is 7. The van der Waals surface area contributed by atoms with E-state index in [1.54, 1.807) is 0 Å². The summed E-state index contributed by atoms with van der Waals surface area (Å²) in [6, 6.07) is 5.55. The summed E-state index contributed by atoms with van der Waals surface area (Å²) in [6.45, 7) is 3.68. The van der Waals surface area contributed by atoms with E-state index in [1.165, 1.54) is 6.42 Å². The minimum Gasteiger partial charge on any atom is -0.448 e. The Labute approximate surface area is 149 Å². The predicted octanol–water partition coefficient (Wildman–Crippen LogP) is 2.76. The standard InChI is InChI=1S/C19H28N2O4/c1-2-10-21(11-12-22)14-18(23)20-15-6-7-16-17(13-15)25-19(24-16)8-4-3-5-9-19/h6-7,13,22H,2-5,8-12,14H2,1H3,(H,20,23). The number of fused-ring (bicyclic) bond motifs is 1. The maximum Gasteiger partial charge on any atom is 0.251 e. The van der Waals surface area contributed by atoms with Gasteiger partial charge in [0, 0.05) is 31.1 Å². The van der Waals surface area contributed by atoms with E-state index >= 15 is 0 Å². The van der Waals surface area contributed by atoms with E-state index in [4.69, 9.17) is 14.6 Å². The van der Waals surface area contributed by atoms with Crippen LogP contribution < -0.4 is 14.8 Å². The molecule has 1 aliphatic carbocycles. The highest BCUT2D eigenvalue weighted by Gasteiger charge is 2.42. The van der Waals surface area contributed by atoms with Crippen LogP contribution in [0.3, 0.4) is 0 Å². The van der Waals surface area contributed by atoms with Crippen molar-refractivity contribution in [2.24, 2.45) is 0 Å². The topological polar surface area (TPSA) is 71.0 Å². The van der Waals surface area contributed by atoms with Crippen LogP contribution in [0.4, 0.5) is 5.69 Å². The molecule has 0 atom stereocenters. The fourth-order valence-corrected chi connectivity index (χ4v) is 3.60. The van der Waals surface area contributed by atoms with Crippen LogP contribution in [-0.2, 0) is 4.79 Å². The molecule has 6 heteroatoms. The molecule has 1 spiro atoms. The Hall–Kier alpha value is -1.79. The van der Waals surface area contributed by atoms with Crippen molar-refractivity contribution in [2.45, 2.75) is 51.2 Å². The highest BCUT2D eigenvalue weighted by molar-refractivity contribution is 5.92. The van der Waals surface area contributed by atoms with E-state index in [0.717, 1.165) is 44.4 Å². The van der Waals surface area contributed by atoms with Crippen LogP contribution in [0, 0.1) is 0 Å². The lowest BCUT2D eigenvalue weighted by Crippen LogP contribution is -2.40. The van der Waals surface area contributed by atoms with Crippen molar-refractivity contribution >= 4 is 11.6 Å². The van der Waals surface area contributed by atoms with Gasteiger partial charge in [-0.1, -0.05) is 13.3 Å². The zero-order chi connectivity index (χ0) is 17.7. The number of anilines is 1. The number of carbonyl (C=O) groups excluding carboxylic acids is 1. The third kappa shape index (κ3) is 4.44. The number of nitrogens with one attached hydrogen (secondary N) is 1. The third-order valence-corrected chi connectivity index (χ3v) is 4.76. The molecule has 2 aliphatic rings. The van der Waals surface area contributed by atoms with Gasteiger partial charge < -0.3 is 19.9 Å². The zero-order valence-corrected chi connectivity index (χ0v) is 14.9. The molecule has 0 aromatic heterocycles. The van der Waals surface area contributed by atoms with E-state index in [9.17, 15) is 4.79 Å². The maximum atomic E-state index is 12.3. The van der Waals surface area contributed by atoms with E-state index in [-0.39, 0.29) is 19.1 Å². The normalized spacial score (nSPS) is 17.9.